The van der Waals surface area contributed by atoms with Crippen LogP contribution in [-0.2, 0) is 4.74 Å². The van der Waals surface area contributed by atoms with E-state index in [9.17, 15) is 9.59 Å². The van der Waals surface area contributed by atoms with E-state index in [1.807, 2.05) is 43.3 Å². The first kappa shape index (κ1) is 16.7. The molecular formula is C22H18O3. The van der Waals surface area contributed by atoms with Gasteiger partial charge in [-0.3, -0.25) is 4.79 Å². The predicted octanol–water partition coefficient (Wildman–Crippen LogP) is 4.84. The van der Waals surface area contributed by atoms with Crippen LogP contribution in [0.2, 0.25) is 0 Å². The molecule has 3 rings (SSSR count). The SMILES string of the molecule is C[C@@H](OC(=O)c1ccccc1C(=O)c1ccccc1)c1ccccc1. The molecule has 0 heterocycles. The maximum Gasteiger partial charge on any atom is 0.339 e. The molecule has 1 atom stereocenters. The zero-order chi connectivity index (χ0) is 17.6. The zero-order valence-corrected chi connectivity index (χ0v) is 13.9. The standard InChI is InChI=1S/C22H18O3/c1-16(17-10-4-2-5-11-17)25-22(24)20-15-9-8-14-19(20)21(23)18-12-6-3-7-13-18/h2-16H,1H3/t16-/m1/s1. The van der Waals surface area contributed by atoms with Gasteiger partial charge in [0.25, 0.3) is 0 Å². The molecule has 3 nitrogen and oxygen atoms in total. The van der Waals surface area contributed by atoms with E-state index in [-0.39, 0.29) is 11.3 Å². The van der Waals surface area contributed by atoms with Gasteiger partial charge in [-0.05, 0) is 18.6 Å². The average molecular weight is 330 g/mol. The van der Waals surface area contributed by atoms with Gasteiger partial charge in [0.2, 0.25) is 0 Å². The Bertz CT molecular complexity index is 870. The van der Waals surface area contributed by atoms with Crippen LogP contribution in [0.4, 0.5) is 0 Å². The maximum atomic E-state index is 12.7. The van der Waals surface area contributed by atoms with Crippen molar-refractivity contribution >= 4 is 11.8 Å². The fourth-order valence-corrected chi connectivity index (χ4v) is 2.62. The highest BCUT2D eigenvalue weighted by Crippen LogP contribution is 2.21. The van der Waals surface area contributed by atoms with Crippen LogP contribution in [-0.4, -0.2) is 11.8 Å². The Kier molecular flexibility index (Phi) is 5.05. The summed E-state index contributed by atoms with van der Waals surface area (Å²) in [7, 11) is 0. The molecule has 0 spiro atoms. The smallest absolute Gasteiger partial charge is 0.339 e. The van der Waals surface area contributed by atoms with Gasteiger partial charge in [0.1, 0.15) is 6.10 Å². The van der Waals surface area contributed by atoms with Crippen molar-refractivity contribution in [1.82, 2.24) is 0 Å². The second-order valence-corrected chi connectivity index (χ2v) is 5.70. The monoisotopic (exact) mass is 330 g/mol. The molecule has 0 aliphatic heterocycles. The van der Waals surface area contributed by atoms with Gasteiger partial charge in [0.05, 0.1) is 5.56 Å². The van der Waals surface area contributed by atoms with Crippen LogP contribution in [0.5, 0.6) is 0 Å². The first-order valence-electron chi connectivity index (χ1n) is 8.11. The molecule has 0 radical (unpaired) electrons. The molecule has 0 aliphatic carbocycles. The van der Waals surface area contributed by atoms with Crippen LogP contribution in [0, 0.1) is 0 Å². The molecule has 0 N–H and O–H groups in total. The van der Waals surface area contributed by atoms with Crippen molar-refractivity contribution in [2.75, 3.05) is 0 Å². The molecule has 3 heteroatoms. The number of rotatable bonds is 5. The highest BCUT2D eigenvalue weighted by Gasteiger charge is 2.21. The highest BCUT2D eigenvalue weighted by molar-refractivity contribution is 6.14. The molecule has 0 bridgehead atoms. The minimum Gasteiger partial charge on any atom is -0.454 e. The third kappa shape index (κ3) is 3.83. The van der Waals surface area contributed by atoms with E-state index < -0.39 is 12.1 Å². The highest BCUT2D eigenvalue weighted by atomic mass is 16.5. The summed E-state index contributed by atoms with van der Waals surface area (Å²) in [6.45, 7) is 1.81. The van der Waals surface area contributed by atoms with Gasteiger partial charge in [0, 0.05) is 11.1 Å². The fourth-order valence-electron chi connectivity index (χ4n) is 2.62. The predicted molar refractivity (Wildman–Crippen MR) is 96.6 cm³/mol. The van der Waals surface area contributed by atoms with Crippen LogP contribution in [0.25, 0.3) is 0 Å². The average Bonchev–Trinajstić information content (AvgIpc) is 2.68. The lowest BCUT2D eigenvalue weighted by atomic mass is 9.98. The normalized spacial score (nSPS) is 11.6. The number of hydrogen-bond acceptors (Lipinski definition) is 3. The van der Waals surface area contributed by atoms with Crippen molar-refractivity contribution in [1.29, 1.82) is 0 Å². The molecule has 3 aromatic rings. The Labute approximate surface area is 146 Å². The first-order valence-corrected chi connectivity index (χ1v) is 8.11. The second kappa shape index (κ2) is 7.58. The molecule has 0 amide bonds. The van der Waals surface area contributed by atoms with Crippen molar-refractivity contribution in [3.05, 3.63) is 107 Å². The van der Waals surface area contributed by atoms with E-state index in [2.05, 4.69) is 0 Å². The number of hydrogen-bond donors (Lipinski definition) is 0. The van der Waals surface area contributed by atoms with Crippen molar-refractivity contribution in [2.24, 2.45) is 0 Å². The van der Waals surface area contributed by atoms with E-state index in [1.165, 1.54) is 0 Å². The summed E-state index contributed by atoms with van der Waals surface area (Å²) in [5.41, 5.74) is 2.07. The summed E-state index contributed by atoms with van der Waals surface area (Å²) in [4.78, 5) is 25.3. The quantitative estimate of drug-likeness (QED) is 0.497. The van der Waals surface area contributed by atoms with Gasteiger partial charge < -0.3 is 4.74 Å². The first-order chi connectivity index (χ1) is 12.2. The van der Waals surface area contributed by atoms with Crippen LogP contribution < -0.4 is 0 Å². The van der Waals surface area contributed by atoms with E-state index in [1.54, 1.807) is 48.5 Å². The minimum absolute atomic E-state index is 0.194. The van der Waals surface area contributed by atoms with Gasteiger partial charge in [0.15, 0.2) is 5.78 Å². The molecule has 0 saturated carbocycles. The minimum atomic E-state index is -0.503. The fraction of sp³-hybridized carbons (Fsp3) is 0.0909. The van der Waals surface area contributed by atoms with Crippen LogP contribution in [0.1, 0.15) is 44.9 Å². The topological polar surface area (TPSA) is 43.4 Å². The summed E-state index contributed by atoms with van der Waals surface area (Å²) in [5, 5.41) is 0. The third-order valence-corrected chi connectivity index (χ3v) is 3.98. The molecule has 0 saturated heterocycles. The van der Waals surface area contributed by atoms with Crippen molar-refractivity contribution in [2.45, 2.75) is 13.0 Å². The largest absolute Gasteiger partial charge is 0.454 e. The van der Waals surface area contributed by atoms with Gasteiger partial charge >= 0.3 is 5.97 Å². The molecular weight excluding hydrogens is 312 g/mol. The Hall–Kier alpha value is -3.20. The molecule has 0 unspecified atom stereocenters. The summed E-state index contributed by atoms with van der Waals surface area (Å²) in [6.07, 6.45) is -0.395. The van der Waals surface area contributed by atoms with Crippen molar-refractivity contribution < 1.29 is 14.3 Å². The van der Waals surface area contributed by atoms with Crippen LogP contribution in [0.15, 0.2) is 84.9 Å². The molecule has 0 aliphatic rings. The number of ketones is 1. The van der Waals surface area contributed by atoms with E-state index >= 15 is 0 Å². The van der Waals surface area contributed by atoms with E-state index in [0.717, 1.165) is 5.56 Å². The number of ether oxygens (including phenoxy) is 1. The number of carbonyl (C=O) groups excluding carboxylic acids is 2. The van der Waals surface area contributed by atoms with Gasteiger partial charge in [-0.1, -0.05) is 78.9 Å². The summed E-state index contributed by atoms with van der Waals surface area (Å²) >= 11 is 0. The van der Waals surface area contributed by atoms with Gasteiger partial charge in [-0.15, -0.1) is 0 Å². The number of benzene rings is 3. The van der Waals surface area contributed by atoms with Crippen molar-refractivity contribution in [3.8, 4) is 0 Å². The van der Waals surface area contributed by atoms with E-state index in [0.29, 0.717) is 11.1 Å². The van der Waals surface area contributed by atoms with Gasteiger partial charge in [-0.25, -0.2) is 4.79 Å². The third-order valence-electron chi connectivity index (χ3n) is 3.98. The molecule has 3 aromatic carbocycles. The van der Waals surface area contributed by atoms with E-state index in [4.69, 9.17) is 4.74 Å². The number of esters is 1. The lowest BCUT2D eigenvalue weighted by molar-refractivity contribution is 0.0335. The van der Waals surface area contributed by atoms with Crippen LogP contribution >= 0.6 is 0 Å². The summed E-state index contributed by atoms with van der Waals surface area (Å²) < 4.78 is 5.56. The summed E-state index contributed by atoms with van der Waals surface area (Å²) in [6, 6.07) is 25.2. The molecule has 0 fully saturated rings. The Morgan fingerprint density at radius 3 is 1.88 bits per heavy atom. The lowest BCUT2D eigenvalue weighted by Crippen LogP contribution is -2.14. The Morgan fingerprint density at radius 2 is 1.24 bits per heavy atom. The zero-order valence-electron chi connectivity index (χ0n) is 13.9. The maximum absolute atomic E-state index is 12.7. The Morgan fingerprint density at radius 1 is 0.720 bits per heavy atom. The Balaban J connectivity index is 1.85. The van der Waals surface area contributed by atoms with Crippen molar-refractivity contribution in [3.63, 3.8) is 0 Å². The second-order valence-electron chi connectivity index (χ2n) is 5.70. The van der Waals surface area contributed by atoms with Crippen LogP contribution in [0.3, 0.4) is 0 Å². The number of carbonyl (C=O) groups is 2. The lowest BCUT2D eigenvalue weighted by Gasteiger charge is -2.15. The summed E-state index contributed by atoms with van der Waals surface area (Å²) in [5.74, 6) is -0.697. The molecule has 124 valence electrons. The van der Waals surface area contributed by atoms with Gasteiger partial charge in [-0.2, -0.15) is 0 Å². The molecule has 25 heavy (non-hydrogen) atoms. The molecule has 0 aromatic heterocycles.